The summed E-state index contributed by atoms with van der Waals surface area (Å²) < 4.78 is 38.6. The maximum atomic E-state index is 12.7. The van der Waals surface area contributed by atoms with Crippen molar-refractivity contribution in [2.45, 2.75) is 6.18 Å². The van der Waals surface area contributed by atoms with Crippen LogP contribution in [0, 0.1) is 11.3 Å². The van der Waals surface area contributed by atoms with Crippen LogP contribution in [0.15, 0.2) is 40.9 Å². The Balaban J connectivity index is 2.42. The number of anilines is 3. The molecule has 3 N–H and O–H groups in total. The van der Waals surface area contributed by atoms with Gasteiger partial charge in [0.2, 0.25) is 0 Å². The molecule has 3 nitrogen and oxygen atoms in total. The van der Waals surface area contributed by atoms with Crippen LogP contribution in [-0.4, -0.2) is 0 Å². The molecule has 0 aromatic heterocycles. The molecule has 2 aromatic carbocycles. The summed E-state index contributed by atoms with van der Waals surface area (Å²) in [6.07, 6.45) is -4.43. The lowest BCUT2D eigenvalue weighted by Crippen LogP contribution is -2.06. The van der Waals surface area contributed by atoms with Crippen molar-refractivity contribution in [2.75, 3.05) is 11.1 Å². The molecule has 0 aliphatic carbocycles. The number of hydrogen-bond acceptors (Lipinski definition) is 3. The van der Waals surface area contributed by atoms with E-state index in [-0.39, 0.29) is 5.69 Å². The molecule has 0 spiro atoms. The molecule has 108 valence electrons. The van der Waals surface area contributed by atoms with Crippen LogP contribution in [0.2, 0.25) is 0 Å². The molecule has 0 aliphatic rings. The standard InChI is InChI=1S/C14H9BrF3N3/c15-10-3-2-9(14(16,17)18)6-12(10)21-13-5-8(7-19)1-4-11(13)20/h1-6,21H,20H2. The summed E-state index contributed by atoms with van der Waals surface area (Å²) in [4.78, 5) is 0. The van der Waals surface area contributed by atoms with Crippen molar-refractivity contribution in [3.63, 3.8) is 0 Å². The Hall–Kier alpha value is -2.20. The second-order valence-corrected chi connectivity index (χ2v) is 5.09. The van der Waals surface area contributed by atoms with E-state index in [0.717, 1.165) is 12.1 Å². The van der Waals surface area contributed by atoms with Gasteiger partial charge in [-0.3, -0.25) is 0 Å². The third kappa shape index (κ3) is 3.47. The van der Waals surface area contributed by atoms with E-state index < -0.39 is 11.7 Å². The Morgan fingerprint density at radius 3 is 2.43 bits per heavy atom. The number of nitriles is 1. The van der Waals surface area contributed by atoms with E-state index in [2.05, 4.69) is 21.2 Å². The maximum Gasteiger partial charge on any atom is 0.416 e. The molecule has 0 radical (unpaired) electrons. The molecule has 2 aromatic rings. The van der Waals surface area contributed by atoms with Crippen LogP contribution in [0.4, 0.5) is 30.2 Å². The van der Waals surface area contributed by atoms with Crippen molar-refractivity contribution in [3.05, 3.63) is 52.0 Å². The van der Waals surface area contributed by atoms with Crippen LogP contribution in [0.1, 0.15) is 11.1 Å². The number of nitrogens with two attached hydrogens (primary N) is 1. The SMILES string of the molecule is N#Cc1ccc(N)c(Nc2cc(C(F)(F)F)ccc2Br)c1. The number of nitrogen functional groups attached to an aromatic ring is 1. The molecule has 0 fully saturated rings. The van der Waals surface area contributed by atoms with E-state index in [0.29, 0.717) is 21.4 Å². The van der Waals surface area contributed by atoms with Gasteiger partial charge in [-0.25, -0.2) is 0 Å². The minimum atomic E-state index is -4.43. The van der Waals surface area contributed by atoms with Crippen LogP contribution in [0.3, 0.4) is 0 Å². The van der Waals surface area contributed by atoms with Crippen molar-refractivity contribution < 1.29 is 13.2 Å². The van der Waals surface area contributed by atoms with E-state index in [1.54, 1.807) is 0 Å². The molecule has 0 amide bonds. The number of halogens is 4. The molecular weight excluding hydrogens is 347 g/mol. The summed E-state index contributed by atoms with van der Waals surface area (Å²) in [5.74, 6) is 0. The Morgan fingerprint density at radius 2 is 1.81 bits per heavy atom. The predicted octanol–water partition coefficient (Wildman–Crippen LogP) is 4.67. The van der Waals surface area contributed by atoms with Gasteiger partial charge in [0.25, 0.3) is 0 Å². The molecule has 0 aliphatic heterocycles. The first-order valence-electron chi connectivity index (χ1n) is 5.74. The molecule has 0 saturated heterocycles. The predicted molar refractivity (Wildman–Crippen MR) is 78.0 cm³/mol. The molecule has 0 saturated carbocycles. The summed E-state index contributed by atoms with van der Waals surface area (Å²) in [5.41, 5.74) is 6.25. The van der Waals surface area contributed by atoms with Gasteiger partial charge in [0.1, 0.15) is 0 Å². The zero-order chi connectivity index (χ0) is 15.6. The summed E-state index contributed by atoms with van der Waals surface area (Å²) in [7, 11) is 0. The van der Waals surface area contributed by atoms with Gasteiger partial charge < -0.3 is 11.1 Å². The molecule has 2 rings (SSSR count). The van der Waals surface area contributed by atoms with Crippen LogP contribution in [-0.2, 0) is 6.18 Å². The van der Waals surface area contributed by atoms with Gasteiger partial charge in [-0.15, -0.1) is 0 Å². The maximum absolute atomic E-state index is 12.7. The highest BCUT2D eigenvalue weighted by molar-refractivity contribution is 9.10. The minimum absolute atomic E-state index is 0.214. The highest BCUT2D eigenvalue weighted by Gasteiger charge is 2.30. The number of nitrogens with zero attached hydrogens (tertiary/aromatic N) is 1. The first-order valence-corrected chi connectivity index (χ1v) is 6.54. The van der Waals surface area contributed by atoms with Crippen LogP contribution in [0.25, 0.3) is 0 Å². The largest absolute Gasteiger partial charge is 0.416 e. The van der Waals surface area contributed by atoms with Crippen molar-refractivity contribution in [1.82, 2.24) is 0 Å². The number of nitrogens with one attached hydrogen (secondary N) is 1. The topological polar surface area (TPSA) is 61.8 Å². The lowest BCUT2D eigenvalue weighted by Gasteiger charge is -2.14. The van der Waals surface area contributed by atoms with Crippen LogP contribution < -0.4 is 11.1 Å². The minimum Gasteiger partial charge on any atom is -0.397 e. The lowest BCUT2D eigenvalue weighted by molar-refractivity contribution is -0.137. The summed E-state index contributed by atoms with van der Waals surface area (Å²) in [5, 5.41) is 11.7. The van der Waals surface area contributed by atoms with Crippen molar-refractivity contribution in [3.8, 4) is 6.07 Å². The van der Waals surface area contributed by atoms with E-state index in [4.69, 9.17) is 11.0 Å². The van der Waals surface area contributed by atoms with Crippen LogP contribution >= 0.6 is 15.9 Å². The lowest BCUT2D eigenvalue weighted by atomic mass is 10.1. The van der Waals surface area contributed by atoms with Gasteiger partial charge in [-0.05, 0) is 52.3 Å². The molecule has 7 heteroatoms. The Kier molecular flexibility index (Phi) is 4.09. The Morgan fingerprint density at radius 1 is 1.10 bits per heavy atom. The van der Waals surface area contributed by atoms with E-state index in [1.807, 2.05) is 6.07 Å². The molecular formula is C14H9BrF3N3. The molecule has 0 heterocycles. The third-order valence-corrected chi connectivity index (χ3v) is 3.44. The van der Waals surface area contributed by atoms with E-state index >= 15 is 0 Å². The van der Waals surface area contributed by atoms with Gasteiger partial charge in [-0.1, -0.05) is 0 Å². The number of alkyl halides is 3. The number of hydrogen-bond donors (Lipinski definition) is 2. The zero-order valence-electron chi connectivity index (χ0n) is 10.5. The van der Waals surface area contributed by atoms with Gasteiger partial charge in [0.05, 0.1) is 34.3 Å². The quantitative estimate of drug-likeness (QED) is 0.769. The van der Waals surface area contributed by atoms with Gasteiger partial charge in [-0.2, -0.15) is 18.4 Å². The number of benzene rings is 2. The average Bonchev–Trinajstić information content (AvgIpc) is 2.42. The van der Waals surface area contributed by atoms with Crippen molar-refractivity contribution in [1.29, 1.82) is 5.26 Å². The Labute approximate surface area is 127 Å². The van der Waals surface area contributed by atoms with Crippen molar-refractivity contribution in [2.24, 2.45) is 0 Å². The Bertz CT molecular complexity index is 720. The van der Waals surface area contributed by atoms with Gasteiger partial charge in [0, 0.05) is 4.47 Å². The molecule has 21 heavy (non-hydrogen) atoms. The molecule has 0 atom stereocenters. The van der Waals surface area contributed by atoms with Gasteiger partial charge >= 0.3 is 6.18 Å². The summed E-state index contributed by atoms with van der Waals surface area (Å²) >= 11 is 3.18. The summed E-state index contributed by atoms with van der Waals surface area (Å²) in [6, 6.07) is 9.72. The first kappa shape index (κ1) is 15.2. The van der Waals surface area contributed by atoms with Crippen LogP contribution in [0.5, 0.6) is 0 Å². The van der Waals surface area contributed by atoms with E-state index in [9.17, 15) is 13.2 Å². The highest BCUT2D eigenvalue weighted by atomic mass is 79.9. The van der Waals surface area contributed by atoms with Crippen molar-refractivity contribution >= 4 is 33.0 Å². The zero-order valence-corrected chi connectivity index (χ0v) is 12.1. The monoisotopic (exact) mass is 355 g/mol. The second-order valence-electron chi connectivity index (χ2n) is 4.23. The molecule has 0 bridgehead atoms. The fourth-order valence-corrected chi connectivity index (χ4v) is 2.02. The fourth-order valence-electron chi connectivity index (χ4n) is 1.68. The third-order valence-electron chi connectivity index (χ3n) is 2.75. The second kappa shape index (κ2) is 5.66. The molecule has 0 unspecified atom stereocenters. The number of rotatable bonds is 2. The van der Waals surface area contributed by atoms with Gasteiger partial charge in [0.15, 0.2) is 0 Å². The highest BCUT2D eigenvalue weighted by Crippen LogP contribution is 2.36. The smallest absolute Gasteiger partial charge is 0.397 e. The first-order chi connectivity index (χ1) is 9.81. The summed E-state index contributed by atoms with van der Waals surface area (Å²) in [6.45, 7) is 0. The average molecular weight is 356 g/mol. The van der Waals surface area contributed by atoms with E-state index in [1.165, 1.54) is 24.3 Å². The normalized spacial score (nSPS) is 11.0. The fraction of sp³-hybridized carbons (Fsp3) is 0.0714.